The highest BCUT2D eigenvalue weighted by molar-refractivity contribution is 5.88. The Labute approximate surface area is 133 Å². The lowest BCUT2D eigenvalue weighted by Gasteiger charge is -2.11. The van der Waals surface area contributed by atoms with E-state index in [0.29, 0.717) is 17.8 Å². The van der Waals surface area contributed by atoms with Crippen molar-refractivity contribution in [1.82, 2.24) is 9.97 Å². The molecule has 0 aliphatic carbocycles. The van der Waals surface area contributed by atoms with E-state index in [4.69, 9.17) is 0 Å². The summed E-state index contributed by atoms with van der Waals surface area (Å²) in [5.74, 6) is -0.263. The van der Waals surface area contributed by atoms with Crippen LogP contribution in [0, 0.1) is 12.7 Å². The van der Waals surface area contributed by atoms with Crippen molar-refractivity contribution >= 4 is 6.21 Å². The number of benzene rings is 1. The molecule has 1 aliphatic rings. The molecule has 112 valence electrons. The summed E-state index contributed by atoms with van der Waals surface area (Å²) in [5.41, 5.74) is 5.79. The summed E-state index contributed by atoms with van der Waals surface area (Å²) in [6.45, 7) is 2.50. The van der Waals surface area contributed by atoms with Gasteiger partial charge < -0.3 is 0 Å². The maximum atomic E-state index is 14.4. The van der Waals surface area contributed by atoms with E-state index in [0.717, 1.165) is 27.9 Å². The molecule has 0 spiro atoms. The van der Waals surface area contributed by atoms with E-state index < -0.39 is 0 Å². The summed E-state index contributed by atoms with van der Waals surface area (Å²) in [6, 6.07) is 11.0. The van der Waals surface area contributed by atoms with Crippen LogP contribution in [-0.2, 0) is 6.54 Å². The van der Waals surface area contributed by atoms with Crippen molar-refractivity contribution in [1.29, 1.82) is 0 Å². The Balaban J connectivity index is 1.89. The van der Waals surface area contributed by atoms with E-state index >= 15 is 0 Å². The molecule has 3 nitrogen and oxygen atoms in total. The molecule has 0 radical (unpaired) electrons. The topological polar surface area (TPSA) is 38.1 Å². The van der Waals surface area contributed by atoms with Crippen molar-refractivity contribution in [3.05, 3.63) is 71.4 Å². The zero-order chi connectivity index (χ0) is 15.8. The molecule has 0 N–H and O–H groups in total. The van der Waals surface area contributed by atoms with Gasteiger partial charge in [-0.2, -0.15) is 0 Å². The minimum Gasteiger partial charge on any atom is -0.286 e. The molecule has 23 heavy (non-hydrogen) atoms. The van der Waals surface area contributed by atoms with Crippen molar-refractivity contribution in [2.24, 2.45) is 4.99 Å². The van der Waals surface area contributed by atoms with E-state index in [1.165, 1.54) is 6.07 Å². The summed E-state index contributed by atoms with van der Waals surface area (Å²) < 4.78 is 14.4. The van der Waals surface area contributed by atoms with Crippen LogP contribution in [-0.4, -0.2) is 16.2 Å². The van der Waals surface area contributed by atoms with Gasteiger partial charge in [0.1, 0.15) is 5.82 Å². The molecule has 0 amide bonds. The van der Waals surface area contributed by atoms with Gasteiger partial charge >= 0.3 is 0 Å². The first-order valence-electron chi connectivity index (χ1n) is 7.43. The highest BCUT2D eigenvalue weighted by Crippen LogP contribution is 2.32. The molecule has 0 fully saturated rings. The minimum absolute atomic E-state index is 0.263. The summed E-state index contributed by atoms with van der Waals surface area (Å²) in [5, 5.41) is 0. The summed E-state index contributed by atoms with van der Waals surface area (Å²) in [6.07, 6.45) is 5.31. The number of aliphatic imine (C=N–C) groups is 1. The van der Waals surface area contributed by atoms with Crippen LogP contribution in [0.4, 0.5) is 4.39 Å². The van der Waals surface area contributed by atoms with Gasteiger partial charge in [0, 0.05) is 40.9 Å². The molecule has 1 aliphatic heterocycles. The molecular formula is C19H14FN3. The van der Waals surface area contributed by atoms with E-state index in [2.05, 4.69) is 15.0 Å². The number of rotatable bonds is 2. The molecule has 0 bridgehead atoms. The fourth-order valence-electron chi connectivity index (χ4n) is 2.80. The van der Waals surface area contributed by atoms with Gasteiger partial charge in [0.05, 0.1) is 17.9 Å². The van der Waals surface area contributed by atoms with Crippen LogP contribution < -0.4 is 0 Å². The Bertz CT molecular complexity index is 932. The minimum atomic E-state index is -0.263. The van der Waals surface area contributed by atoms with Gasteiger partial charge in [0.2, 0.25) is 0 Å². The lowest BCUT2D eigenvalue weighted by Crippen LogP contribution is -1.95. The molecule has 0 saturated heterocycles. The second kappa shape index (κ2) is 5.39. The van der Waals surface area contributed by atoms with E-state index in [1.807, 2.05) is 37.4 Å². The summed E-state index contributed by atoms with van der Waals surface area (Å²) in [7, 11) is 0. The Hall–Kier alpha value is -2.88. The Kier molecular flexibility index (Phi) is 3.23. The van der Waals surface area contributed by atoms with Crippen molar-refractivity contribution in [2.45, 2.75) is 13.5 Å². The number of halogens is 1. The van der Waals surface area contributed by atoms with Crippen LogP contribution >= 0.6 is 0 Å². The third-order valence-corrected chi connectivity index (χ3v) is 3.97. The van der Waals surface area contributed by atoms with E-state index in [9.17, 15) is 4.39 Å². The smallest absolute Gasteiger partial charge is 0.132 e. The van der Waals surface area contributed by atoms with Gasteiger partial charge in [-0.25, -0.2) is 4.39 Å². The van der Waals surface area contributed by atoms with Crippen molar-refractivity contribution < 1.29 is 4.39 Å². The van der Waals surface area contributed by atoms with Crippen LogP contribution in [0.5, 0.6) is 0 Å². The van der Waals surface area contributed by atoms with Gasteiger partial charge in [0.15, 0.2) is 0 Å². The molecule has 3 aromatic rings. The van der Waals surface area contributed by atoms with Crippen molar-refractivity contribution in [3.8, 4) is 22.4 Å². The first-order valence-corrected chi connectivity index (χ1v) is 7.43. The number of pyridine rings is 2. The van der Waals surface area contributed by atoms with E-state index in [-0.39, 0.29) is 5.82 Å². The average molecular weight is 303 g/mol. The zero-order valence-electron chi connectivity index (χ0n) is 12.6. The van der Waals surface area contributed by atoms with Gasteiger partial charge in [-0.3, -0.25) is 15.0 Å². The molecule has 1 aromatic carbocycles. The van der Waals surface area contributed by atoms with Crippen LogP contribution in [0.1, 0.15) is 16.8 Å². The lowest BCUT2D eigenvalue weighted by molar-refractivity contribution is 0.629. The van der Waals surface area contributed by atoms with Crippen molar-refractivity contribution in [3.63, 3.8) is 0 Å². The first kappa shape index (κ1) is 13.8. The predicted octanol–water partition coefficient (Wildman–Crippen LogP) is 4.19. The fraction of sp³-hybridized carbons (Fsp3) is 0.105. The van der Waals surface area contributed by atoms with Gasteiger partial charge in [-0.05, 0) is 36.8 Å². The number of nitrogens with zero attached hydrogens (tertiary/aromatic N) is 3. The molecule has 0 unspecified atom stereocenters. The number of hydrogen-bond acceptors (Lipinski definition) is 3. The van der Waals surface area contributed by atoms with Crippen molar-refractivity contribution in [2.75, 3.05) is 0 Å². The molecule has 3 heterocycles. The summed E-state index contributed by atoms with van der Waals surface area (Å²) >= 11 is 0. The third-order valence-electron chi connectivity index (χ3n) is 3.97. The second-order valence-corrected chi connectivity index (χ2v) is 5.61. The Morgan fingerprint density at radius 3 is 2.83 bits per heavy atom. The molecule has 4 rings (SSSR count). The number of aryl methyl sites for hydroxylation is 1. The van der Waals surface area contributed by atoms with Gasteiger partial charge in [-0.15, -0.1) is 0 Å². The maximum Gasteiger partial charge on any atom is 0.132 e. The van der Waals surface area contributed by atoms with Crippen LogP contribution in [0.3, 0.4) is 0 Å². The summed E-state index contributed by atoms with van der Waals surface area (Å²) in [4.78, 5) is 13.1. The normalized spacial score (nSPS) is 12.4. The molecule has 4 heteroatoms. The number of fused-ring (bicyclic) bond motifs is 1. The predicted molar refractivity (Wildman–Crippen MR) is 88.9 cm³/mol. The Morgan fingerprint density at radius 1 is 1.04 bits per heavy atom. The van der Waals surface area contributed by atoms with Gasteiger partial charge in [-0.1, -0.05) is 12.1 Å². The van der Waals surface area contributed by atoms with Crippen LogP contribution in [0.15, 0.2) is 53.8 Å². The number of aromatic nitrogens is 2. The highest BCUT2D eigenvalue weighted by atomic mass is 19.1. The first-order chi connectivity index (χ1) is 11.2. The second-order valence-electron chi connectivity index (χ2n) is 5.61. The standard InChI is InChI=1S/C19H14FN3/c1-12-4-5-16(17(20)7-12)19-15(3-2-6-22-19)13-8-14-9-21-11-18(14)23-10-13/h2-10H,11H2,1H3. The molecular weight excluding hydrogens is 289 g/mol. The average Bonchev–Trinajstić information content (AvgIpc) is 3.02. The maximum absolute atomic E-state index is 14.4. The molecule has 0 atom stereocenters. The quantitative estimate of drug-likeness (QED) is 0.712. The fourth-order valence-corrected chi connectivity index (χ4v) is 2.80. The molecule has 0 saturated carbocycles. The van der Waals surface area contributed by atoms with Crippen LogP contribution in [0.25, 0.3) is 22.4 Å². The highest BCUT2D eigenvalue weighted by Gasteiger charge is 2.15. The van der Waals surface area contributed by atoms with Crippen LogP contribution in [0.2, 0.25) is 0 Å². The third kappa shape index (κ3) is 2.42. The number of hydrogen-bond donors (Lipinski definition) is 0. The zero-order valence-corrected chi connectivity index (χ0v) is 12.6. The molecule has 2 aromatic heterocycles. The van der Waals surface area contributed by atoms with E-state index in [1.54, 1.807) is 18.5 Å². The monoisotopic (exact) mass is 303 g/mol. The lowest BCUT2D eigenvalue weighted by atomic mass is 9.98. The Morgan fingerprint density at radius 2 is 1.96 bits per heavy atom. The van der Waals surface area contributed by atoms with Gasteiger partial charge in [0.25, 0.3) is 0 Å². The SMILES string of the molecule is Cc1ccc(-c2ncccc2-c2cnc3c(c2)C=NC3)c(F)c1. The largest absolute Gasteiger partial charge is 0.286 e.